The maximum atomic E-state index is 13.4. The lowest BCUT2D eigenvalue weighted by Gasteiger charge is -2.18. The molecule has 136 valence electrons. The standard InChI is InChI=1S/C25H18FNS/c26-19-14-12-18(13-15-19)23-16-25(28-24-11-4-3-10-22(24)27-23)21-9-5-7-17-6-1-2-8-20(17)21/h1-15,25H,16H2/t25-/m0/s1. The highest BCUT2D eigenvalue weighted by Crippen LogP contribution is 2.47. The molecule has 0 saturated carbocycles. The van der Waals surface area contributed by atoms with Gasteiger partial charge in [-0.15, -0.1) is 11.8 Å². The zero-order chi connectivity index (χ0) is 18.9. The van der Waals surface area contributed by atoms with Gasteiger partial charge in [-0.25, -0.2) is 4.39 Å². The molecule has 0 aromatic heterocycles. The number of halogens is 1. The van der Waals surface area contributed by atoms with E-state index in [0.717, 1.165) is 23.4 Å². The SMILES string of the molecule is Fc1ccc(C2=Nc3ccccc3S[C@H](c3cccc4ccccc34)C2)cc1. The summed E-state index contributed by atoms with van der Waals surface area (Å²) in [5, 5.41) is 2.76. The summed E-state index contributed by atoms with van der Waals surface area (Å²) in [5.41, 5.74) is 4.27. The number of hydrogen-bond donors (Lipinski definition) is 0. The molecule has 0 radical (unpaired) electrons. The molecule has 1 aliphatic heterocycles. The van der Waals surface area contributed by atoms with Crippen molar-refractivity contribution >= 4 is 33.9 Å². The molecule has 0 saturated heterocycles. The minimum Gasteiger partial charge on any atom is -0.252 e. The monoisotopic (exact) mass is 383 g/mol. The van der Waals surface area contributed by atoms with Crippen LogP contribution in [0, 0.1) is 5.82 Å². The van der Waals surface area contributed by atoms with Gasteiger partial charge in [0.05, 0.1) is 5.69 Å². The van der Waals surface area contributed by atoms with Crippen LogP contribution in [-0.2, 0) is 0 Å². The average molecular weight is 383 g/mol. The fraction of sp³-hybridized carbons (Fsp3) is 0.0800. The van der Waals surface area contributed by atoms with Crippen LogP contribution in [0.3, 0.4) is 0 Å². The third kappa shape index (κ3) is 3.23. The summed E-state index contributed by atoms with van der Waals surface area (Å²) in [4.78, 5) is 6.15. The van der Waals surface area contributed by atoms with Gasteiger partial charge in [-0.2, -0.15) is 0 Å². The molecule has 1 atom stereocenters. The van der Waals surface area contributed by atoms with Crippen molar-refractivity contribution in [2.45, 2.75) is 16.6 Å². The lowest BCUT2D eigenvalue weighted by Crippen LogP contribution is -2.06. The molecule has 3 heteroatoms. The third-order valence-electron chi connectivity index (χ3n) is 5.12. The minimum absolute atomic E-state index is 0.224. The number of rotatable bonds is 2. The number of hydrogen-bond acceptors (Lipinski definition) is 2. The summed E-state index contributed by atoms with van der Waals surface area (Å²) in [5.74, 6) is -0.224. The van der Waals surface area contributed by atoms with E-state index in [0.29, 0.717) is 0 Å². The third-order valence-corrected chi connectivity index (χ3v) is 6.42. The minimum atomic E-state index is -0.224. The van der Waals surface area contributed by atoms with Crippen LogP contribution < -0.4 is 0 Å². The van der Waals surface area contributed by atoms with Gasteiger partial charge in [0.15, 0.2) is 0 Å². The number of fused-ring (bicyclic) bond motifs is 2. The Bertz CT molecular complexity index is 1180. The maximum Gasteiger partial charge on any atom is 0.123 e. The predicted octanol–water partition coefficient (Wildman–Crippen LogP) is 7.34. The Morgan fingerprint density at radius 1 is 0.786 bits per heavy atom. The van der Waals surface area contributed by atoms with Gasteiger partial charge in [0.1, 0.15) is 5.82 Å². The van der Waals surface area contributed by atoms with E-state index >= 15 is 0 Å². The van der Waals surface area contributed by atoms with Gasteiger partial charge in [0.2, 0.25) is 0 Å². The second kappa shape index (κ2) is 7.25. The van der Waals surface area contributed by atoms with Gasteiger partial charge in [0, 0.05) is 22.3 Å². The molecular formula is C25H18FNS. The highest BCUT2D eigenvalue weighted by atomic mass is 32.2. The van der Waals surface area contributed by atoms with Crippen LogP contribution in [0.4, 0.5) is 10.1 Å². The predicted molar refractivity (Wildman–Crippen MR) is 116 cm³/mol. The topological polar surface area (TPSA) is 12.4 Å². The van der Waals surface area contributed by atoms with E-state index in [1.54, 1.807) is 0 Å². The number of benzene rings is 4. The second-order valence-electron chi connectivity index (χ2n) is 6.91. The molecule has 5 rings (SSSR count). The highest BCUT2D eigenvalue weighted by molar-refractivity contribution is 7.99. The van der Waals surface area contributed by atoms with Crippen LogP contribution in [0.1, 0.15) is 22.8 Å². The van der Waals surface area contributed by atoms with Crippen LogP contribution in [0.2, 0.25) is 0 Å². The fourth-order valence-electron chi connectivity index (χ4n) is 3.74. The van der Waals surface area contributed by atoms with Gasteiger partial charge in [-0.3, -0.25) is 4.99 Å². The molecule has 0 amide bonds. The van der Waals surface area contributed by atoms with E-state index in [9.17, 15) is 4.39 Å². The van der Waals surface area contributed by atoms with Crippen LogP contribution in [-0.4, -0.2) is 5.71 Å². The van der Waals surface area contributed by atoms with Crippen molar-refractivity contribution in [1.82, 2.24) is 0 Å². The molecule has 0 bridgehead atoms. The molecule has 4 aromatic rings. The Hall–Kier alpha value is -2.91. The first-order valence-electron chi connectivity index (χ1n) is 9.35. The highest BCUT2D eigenvalue weighted by Gasteiger charge is 2.23. The van der Waals surface area contributed by atoms with Crippen molar-refractivity contribution in [2.24, 2.45) is 4.99 Å². The molecular weight excluding hydrogens is 365 g/mol. The summed E-state index contributed by atoms with van der Waals surface area (Å²) in [6.45, 7) is 0. The van der Waals surface area contributed by atoms with Crippen molar-refractivity contribution in [3.05, 3.63) is 108 Å². The summed E-state index contributed by atoms with van der Waals surface area (Å²) >= 11 is 1.86. The molecule has 1 heterocycles. The van der Waals surface area contributed by atoms with Crippen molar-refractivity contribution in [3.63, 3.8) is 0 Å². The first-order valence-corrected chi connectivity index (χ1v) is 10.2. The van der Waals surface area contributed by atoms with Crippen LogP contribution in [0.5, 0.6) is 0 Å². The largest absolute Gasteiger partial charge is 0.252 e. The molecule has 0 N–H and O–H groups in total. The van der Waals surface area contributed by atoms with Crippen LogP contribution in [0.25, 0.3) is 10.8 Å². The van der Waals surface area contributed by atoms with E-state index in [2.05, 4.69) is 60.7 Å². The van der Waals surface area contributed by atoms with E-state index < -0.39 is 0 Å². The molecule has 1 nitrogen and oxygen atoms in total. The summed E-state index contributed by atoms with van der Waals surface area (Å²) in [6.07, 6.45) is 0.791. The van der Waals surface area contributed by atoms with Crippen molar-refractivity contribution in [2.75, 3.05) is 0 Å². The molecule has 0 fully saturated rings. The molecule has 0 spiro atoms. The lowest BCUT2D eigenvalue weighted by atomic mass is 9.97. The lowest BCUT2D eigenvalue weighted by molar-refractivity contribution is 0.627. The number of thioether (sulfide) groups is 1. The first kappa shape index (κ1) is 17.2. The Kier molecular flexibility index (Phi) is 4.46. The van der Waals surface area contributed by atoms with Gasteiger partial charge < -0.3 is 0 Å². The van der Waals surface area contributed by atoms with Crippen LogP contribution >= 0.6 is 11.8 Å². The zero-order valence-corrected chi connectivity index (χ0v) is 16.0. The molecule has 28 heavy (non-hydrogen) atoms. The Morgan fingerprint density at radius 3 is 2.43 bits per heavy atom. The van der Waals surface area contributed by atoms with Crippen molar-refractivity contribution < 1.29 is 4.39 Å². The first-order chi connectivity index (χ1) is 13.8. The number of para-hydroxylation sites is 1. The van der Waals surface area contributed by atoms with E-state index in [4.69, 9.17) is 4.99 Å². The number of aliphatic imine (C=N–C) groups is 1. The molecule has 4 aromatic carbocycles. The quantitative estimate of drug-likeness (QED) is 0.353. The molecule has 1 aliphatic rings. The molecule has 0 aliphatic carbocycles. The fourth-order valence-corrected chi connectivity index (χ4v) is 5.01. The smallest absolute Gasteiger partial charge is 0.123 e. The van der Waals surface area contributed by atoms with Gasteiger partial charge in [-0.05, 0) is 46.2 Å². The van der Waals surface area contributed by atoms with E-state index in [1.165, 1.54) is 33.4 Å². The second-order valence-corrected chi connectivity index (χ2v) is 8.16. The summed E-state index contributed by atoms with van der Waals surface area (Å²) in [7, 11) is 0. The Balaban J connectivity index is 1.65. The van der Waals surface area contributed by atoms with E-state index in [-0.39, 0.29) is 11.1 Å². The van der Waals surface area contributed by atoms with Gasteiger partial charge in [0.25, 0.3) is 0 Å². The summed E-state index contributed by atoms with van der Waals surface area (Å²) in [6, 6.07) is 30.0. The van der Waals surface area contributed by atoms with Crippen molar-refractivity contribution in [3.8, 4) is 0 Å². The Labute approximate surface area is 168 Å². The van der Waals surface area contributed by atoms with Gasteiger partial charge in [-0.1, -0.05) is 66.7 Å². The van der Waals surface area contributed by atoms with Crippen LogP contribution in [0.15, 0.2) is 101 Å². The summed E-state index contributed by atoms with van der Waals surface area (Å²) < 4.78 is 13.4. The van der Waals surface area contributed by atoms with E-state index in [1.807, 2.05) is 30.0 Å². The maximum absolute atomic E-state index is 13.4. The zero-order valence-electron chi connectivity index (χ0n) is 15.2. The molecule has 0 unspecified atom stereocenters. The number of nitrogens with zero attached hydrogens (tertiary/aromatic N) is 1. The van der Waals surface area contributed by atoms with Crippen molar-refractivity contribution in [1.29, 1.82) is 0 Å². The average Bonchev–Trinajstić information content (AvgIpc) is 2.93. The van der Waals surface area contributed by atoms with Gasteiger partial charge >= 0.3 is 0 Å². The normalized spacial score (nSPS) is 16.3. The Morgan fingerprint density at radius 2 is 1.54 bits per heavy atom.